The SMILES string of the molecule is C1=C\C=C/N=NC\C=C/1. The zero-order valence-corrected chi connectivity index (χ0v) is 5.07. The van der Waals surface area contributed by atoms with Crippen molar-refractivity contribution in [3.63, 3.8) is 0 Å². The Bertz CT molecular complexity index is 155. The number of azo groups is 1. The average Bonchev–Trinajstić information content (AvgIpc) is 2.00. The van der Waals surface area contributed by atoms with Crippen molar-refractivity contribution in [1.82, 2.24) is 0 Å². The van der Waals surface area contributed by atoms with Crippen LogP contribution in [0.4, 0.5) is 0 Å². The van der Waals surface area contributed by atoms with Crippen LogP contribution in [0, 0.1) is 0 Å². The standard InChI is InChI=1S/C7H8N2/c1-2-4-6-8-9-7-5-3-1/h1-6H,7H2/b2-1-,5-3-,6-4-,9-8?. The first-order valence-electron chi connectivity index (χ1n) is 2.85. The van der Waals surface area contributed by atoms with Gasteiger partial charge < -0.3 is 0 Å². The van der Waals surface area contributed by atoms with E-state index in [1.165, 1.54) is 0 Å². The Morgan fingerprint density at radius 1 is 1.00 bits per heavy atom. The third-order valence-electron chi connectivity index (χ3n) is 0.891. The highest BCUT2D eigenvalue weighted by molar-refractivity contribution is 5.11. The summed E-state index contributed by atoms with van der Waals surface area (Å²) in [6.07, 6.45) is 11.3. The van der Waals surface area contributed by atoms with Crippen LogP contribution in [0.15, 0.2) is 46.8 Å². The molecule has 0 unspecified atom stereocenters. The Morgan fingerprint density at radius 2 is 1.89 bits per heavy atom. The van der Waals surface area contributed by atoms with Crippen LogP contribution >= 0.6 is 0 Å². The molecule has 0 radical (unpaired) electrons. The van der Waals surface area contributed by atoms with E-state index < -0.39 is 0 Å². The molecule has 0 spiro atoms. The highest BCUT2D eigenvalue weighted by Gasteiger charge is 1.71. The number of hydrogen-bond acceptors (Lipinski definition) is 2. The zero-order valence-electron chi connectivity index (χ0n) is 5.07. The second-order valence-electron chi connectivity index (χ2n) is 1.59. The van der Waals surface area contributed by atoms with Crippen molar-refractivity contribution in [1.29, 1.82) is 0 Å². The maximum atomic E-state index is 3.80. The van der Waals surface area contributed by atoms with E-state index in [2.05, 4.69) is 10.2 Å². The minimum atomic E-state index is 0.675. The quantitative estimate of drug-likeness (QED) is 0.467. The Labute approximate surface area is 54.3 Å². The second-order valence-corrected chi connectivity index (χ2v) is 1.59. The third-order valence-corrected chi connectivity index (χ3v) is 0.891. The lowest BCUT2D eigenvalue weighted by Crippen LogP contribution is -1.64. The first kappa shape index (κ1) is 5.95. The van der Waals surface area contributed by atoms with Gasteiger partial charge in [0.1, 0.15) is 0 Å². The maximum Gasteiger partial charge on any atom is 0.0787 e. The van der Waals surface area contributed by atoms with E-state index in [1.807, 2.05) is 30.4 Å². The molecule has 0 saturated carbocycles. The monoisotopic (exact) mass is 120 g/mol. The van der Waals surface area contributed by atoms with Crippen LogP contribution in [0.5, 0.6) is 0 Å². The van der Waals surface area contributed by atoms with Crippen LogP contribution in [0.2, 0.25) is 0 Å². The van der Waals surface area contributed by atoms with E-state index in [0.717, 1.165) is 0 Å². The predicted octanol–water partition coefficient (Wildman–Crippen LogP) is 2.08. The van der Waals surface area contributed by atoms with E-state index in [1.54, 1.807) is 6.20 Å². The molecule has 0 aromatic carbocycles. The molecule has 2 heteroatoms. The number of allylic oxidation sites excluding steroid dienone is 4. The van der Waals surface area contributed by atoms with Crippen LogP contribution in [-0.2, 0) is 0 Å². The summed E-state index contributed by atoms with van der Waals surface area (Å²) in [7, 11) is 0. The van der Waals surface area contributed by atoms with Crippen molar-refractivity contribution >= 4 is 0 Å². The highest BCUT2D eigenvalue weighted by atomic mass is 15.1. The summed E-state index contributed by atoms with van der Waals surface area (Å²) >= 11 is 0. The summed E-state index contributed by atoms with van der Waals surface area (Å²) in [6.45, 7) is 0.675. The molecule has 1 heterocycles. The fourth-order valence-corrected chi connectivity index (χ4v) is 0.497. The molecule has 0 bridgehead atoms. The van der Waals surface area contributed by atoms with Gasteiger partial charge in [-0.2, -0.15) is 10.2 Å². The summed E-state index contributed by atoms with van der Waals surface area (Å²) in [5, 5.41) is 7.54. The van der Waals surface area contributed by atoms with Gasteiger partial charge >= 0.3 is 0 Å². The fraction of sp³-hybridized carbons (Fsp3) is 0.143. The van der Waals surface area contributed by atoms with Crippen molar-refractivity contribution in [2.45, 2.75) is 0 Å². The van der Waals surface area contributed by atoms with Gasteiger partial charge in [0, 0.05) is 6.20 Å². The molecule has 0 aliphatic carbocycles. The molecule has 1 aliphatic heterocycles. The van der Waals surface area contributed by atoms with Crippen LogP contribution < -0.4 is 0 Å². The third kappa shape index (κ3) is 2.59. The summed E-state index contributed by atoms with van der Waals surface area (Å²) in [4.78, 5) is 0. The second kappa shape index (κ2) is 3.78. The van der Waals surface area contributed by atoms with Gasteiger partial charge in [-0.3, -0.25) is 0 Å². The van der Waals surface area contributed by atoms with Crippen LogP contribution in [-0.4, -0.2) is 6.54 Å². The molecule has 2 nitrogen and oxygen atoms in total. The number of nitrogens with zero attached hydrogens (tertiary/aromatic N) is 2. The summed E-state index contributed by atoms with van der Waals surface area (Å²) in [5.41, 5.74) is 0. The van der Waals surface area contributed by atoms with Gasteiger partial charge in [-0.05, 0) is 6.08 Å². The Kier molecular flexibility index (Phi) is 2.50. The van der Waals surface area contributed by atoms with Gasteiger partial charge in [0.25, 0.3) is 0 Å². The van der Waals surface area contributed by atoms with Crippen molar-refractivity contribution < 1.29 is 0 Å². The van der Waals surface area contributed by atoms with Crippen molar-refractivity contribution in [3.05, 3.63) is 36.6 Å². The first-order valence-corrected chi connectivity index (χ1v) is 2.85. The molecule has 0 fully saturated rings. The first-order chi connectivity index (χ1) is 4.50. The molecule has 46 valence electrons. The Morgan fingerprint density at radius 3 is 2.89 bits per heavy atom. The smallest absolute Gasteiger partial charge is 0.0787 e. The minimum Gasteiger partial charge on any atom is -0.185 e. The average molecular weight is 120 g/mol. The highest BCUT2D eigenvalue weighted by Crippen LogP contribution is 1.87. The van der Waals surface area contributed by atoms with Crippen LogP contribution in [0.1, 0.15) is 0 Å². The summed E-state index contributed by atoms with van der Waals surface area (Å²) in [6, 6.07) is 0. The molecule has 0 saturated heterocycles. The Hall–Kier alpha value is -1.18. The van der Waals surface area contributed by atoms with E-state index in [9.17, 15) is 0 Å². The molecule has 0 atom stereocenters. The van der Waals surface area contributed by atoms with Crippen molar-refractivity contribution in [2.75, 3.05) is 6.54 Å². The lowest BCUT2D eigenvalue weighted by Gasteiger charge is -1.74. The molecule has 0 aromatic rings. The molecular formula is C7H8N2. The molecular weight excluding hydrogens is 112 g/mol. The van der Waals surface area contributed by atoms with Crippen molar-refractivity contribution in [2.24, 2.45) is 10.2 Å². The van der Waals surface area contributed by atoms with E-state index >= 15 is 0 Å². The van der Waals surface area contributed by atoms with Crippen LogP contribution in [0.3, 0.4) is 0 Å². The molecule has 0 N–H and O–H groups in total. The minimum absolute atomic E-state index is 0.675. The molecule has 1 rings (SSSR count). The lowest BCUT2D eigenvalue weighted by molar-refractivity contribution is 1.07. The predicted molar refractivity (Wildman–Crippen MR) is 37.1 cm³/mol. The topological polar surface area (TPSA) is 24.7 Å². The van der Waals surface area contributed by atoms with Crippen molar-refractivity contribution in [3.8, 4) is 0 Å². The fourth-order valence-electron chi connectivity index (χ4n) is 0.497. The summed E-state index contributed by atoms with van der Waals surface area (Å²) in [5.74, 6) is 0. The van der Waals surface area contributed by atoms with E-state index in [4.69, 9.17) is 0 Å². The van der Waals surface area contributed by atoms with Gasteiger partial charge in [0.05, 0.1) is 6.54 Å². The summed E-state index contributed by atoms with van der Waals surface area (Å²) < 4.78 is 0. The molecule has 0 aromatic heterocycles. The molecule has 1 aliphatic rings. The maximum absolute atomic E-state index is 3.80. The van der Waals surface area contributed by atoms with Gasteiger partial charge in [0.2, 0.25) is 0 Å². The lowest BCUT2D eigenvalue weighted by atomic mass is 10.4. The van der Waals surface area contributed by atoms with Gasteiger partial charge in [-0.25, -0.2) is 0 Å². The van der Waals surface area contributed by atoms with Gasteiger partial charge in [-0.15, -0.1) is 0 Å². The largest absolute Gasteiger partial charge is 0.185 e. The Balaban J connectivity index is 2.60. The van der Waals surface area contributed by atoms with E-state index in [0.29, 0.717) is 6.54 Å². The normalized spacial score (nSPS) is 27.6. The van der Waals surface area contributed by atoms with E-state index in [-0.39, 0.29) is 0 Å². The zero-order chi connectivity index (χ0) is 6.36. The number of hydrogen-bond donors (Lipinski definition) is 0. The van der Waals surface area contributed by atoms with Crippen LogP contribution in [0.25, 0.3) is 0 Å². The number of rotatable bonds is 0. The molecule has 9 heavy (non-hydrogen) atoms. The van der Waals surface area contributed by atoms with Gasteiger partial charge in [-0.1, -0.05) is 24.3 Å². The van der Waals surface area contributed by atoms with Gasteiger partial charge in [0.15, 0.2) is 0 Å². The molecule has 0 amide bonds.